The van der Waals surface area contributed by atoms with Crippen LogP contribution in [0.1, 0.15) is 6.92 Å². The van der Waals surface area contributed by atoms with Crippen molar-refractivity contribution in [2.75, 3.05) is 24.8 Å². The molecule has 0 radical (unpaired) electrons. The molecule has 0 aromatic heterocycles. The molecule has 1 atom stereocenters. The lowest BCUT2D eigenvalue weighted by molar-refractivity contribution is 0.190. The third-order valence-electron chi connectivity index (χ3n) is 1.72. The third-order valence-corrected chi connectivity index (χ3v) is 1.72. The summed E-state index contributed by atoms with van der Waals surface area (Å²) in [6, 6.07) is 7.99. The predicted molar refractivity (Wildman–Crippen MR) is 55.8 cm³/mol. The van der Waals surface area contributed by atoms with Crippen LogP contribution in [0.2, 0.25) is 0 Å². The molecule has 3 nitrogen and oxygen atoms in total. The van der Waals surface area contributed by atoms with Gasteiger partial charge in [-0.3, -0.25) is 0 Å². The summed E-state index contributed by atoms with van der Waals surface area (Å²) >= 11 is 0. The van der Waals surface area contributed by atoms with Gasteiger partial charge in [0.1, 0.15) is 0 Å². The van der Waals surface area contributed by atoms with Crippen molar-refractivity contribution in [3.63, 3.8) is 0 Å². The molecule has 0 bridgehead atoms. The van der Waals surface area contributed by atoms with E-state index in [0.717, 1.165) is 11.4 Å². The van der Waals surface area contributed by atoms with Crippen LogP contribution < -0.4 is 11.1 Å². The minimum absolute atomic E-state index is 0.298. The highest BCUT2D eigenvalue weighted by atomic mass is 16.5. The van der Waals surface area contributed by atoms with Gasteiger partial charge >= 0.3 is 0 Å². The molecule has 0 aliphatic heterocycles. The number of ether oxygens (including phenoxy) is 1. The fraction of sp³-hybridized carbons (Fsp3) is 0.400. The molecule has 3 N–H and O–H groups in total. The van der Waals surface area contributed by atoms with Gasteiger partial charge in [-0.25, -0.2) is 0 Å². The molecule has 0 aliphatic rings. The number of nitrogens with one attached hydrogen (secondary N) is 1. The molecule has 0 heterocycles. The van der Waals surface area contributed by atoms with E-state index in [-0.39, 0.29) is 0 Å². The van der Waals surface area contributed by atoms with Crippen molar-refractivity contribution < 1.29 is 4.74 Å². The maximum absolute atomic E-state index is 5.64. The molecule has 0 spiro atoms. The molecular weight excluding hydrogens is 164 g/mol. The highest BCUT2D eigenvalue weighted by molar-refractivity contribution is 5.54. The number of methoxy groups -OCH3 is 1. The Labute approximate surface area is 78.9 Å². The van der Waals surface area contributed by atoms with Gasteiger partial charge in [0.2, 0.25) is 0 Å². The van der Waals surface area contributed by atoms with Crippen molar-refractivity contribution in [1.82, 2.24) is 0 Å². The topological polar surface area (TPSA) is 47.3 Å². The molecule has 13 heavy (non-hydrogen) atoms. The molecule has 72 valence electrons. The summed E-state index contributed by atoms with van der Waals surface area (Å²) in [5.74, 6) is 0. The maximum atomic E-state index is 5.64. The lowest BCUT2D eigenvalue weighted by Crippen LogP contribution is -2.20. The van der Waals surface area contributed by atoms with Crippen LogP contribution >= 0.6 is 0 Å². The molecule has 1 aromatic carbocycles. The summed E-state index contributed by atoms with van der Waals surface area (Å²) in [7, 11) is 1.69. The SMILES string of the molecule is COCC(C)Nc1cccc(N)c1. The zero-order valence-corrected chi connectivity index (χ0v) is 8.08. The molecule has 0 fully saturated rings. The van der Waals surface area contributed by atoms with Gasteiger partial charge < -0.3 is 15.8 Å². The minimum atomic E-state index is 0.298. The van der Waals surface area contributed by atoms with Gasteiger partial charge in [-0.15, -0.1) is 0 Å². The quantitative estimate of drug-likeness (QED) is 0.693. The number of nitrogens with two attached hydrogens (primary N) is 1. The van der Waals surface area contributed by atoms with Gasteiger partial charge in [-0.1, -0.05) is 6.07 Å². The Balaban J connectivity index is 2.53. The molecule has 0 amide bonds. The molecule has 1 unspecified atom stereocenters. The van der Waals surface area contributed by atoms with Crippen molar-refractivity contribution >= 4 is 11.4 Å². The second-order valence-corrected chi connectivity index (χ2v) is 3.13. The van der Waals surface area contributed by atoms with Gasteiger partial charge in [0.05, 0.1) is 6.61 Å². The number of anilines is 2. The van der Waals surface area contributed by atoms with E-state index in [9.17, 15) is 0 Å². The molecule has 0 aliphatic carbocycles. The Kier molecular flexibility index (Phi) is 3.58. The average molecular weight is 180 g/mol. The summed E-state index contributed by atoms with van der Waals surface area (Å²) in [4.78, 5) is 0. The Morgan fingerprint density at radius 2 is 2.31 bits per heavy atom. The lowest BCUT2D eigenvalue weighted by atomic mass is 10.2. The third kappa shape index (κ3) is 3.34. The second kappa shape index (κ2) is 4.72. The van der Waals surface area contributed by atoms with Gasteiger partial charge in [-0.2, -0.15) is 0 Å². The van der Waals surface area contributed by atoms with Crippen molar-refractivity contribution in [3.05, 3.63) is 24.3 Å². The minimum Gasteiger partial charge on any atom is -0.399 e. The zero-order chi connectivity index (χ0) is 9.68. The van der Waals surface area contributed by atoms with E-state index >= 15 is 0 Å². The molecule has 0 saturated heterocycles. The number of benzene rings is 1. The summed E-state index contributed by atoms with van der Waals surface area (Å²) in [5, 5.41) is 3.28. The van der Waals surface area contributed by atoms with Crippen LogP contribution in [0.4, 0.5) is 11.4 Å². The molecular formula is C10H16N2O. The van der Waals surface area contributed by atoms with E-state index < -0.39 is 0 Å². The monoisotopic (exact) mass is 180 g/mol. The first kappa shape index (κ1) is 9.86. The maximum Gasteiger partial charge on any atom is 0.0661 e. The van der Waals surface area contributed by atoms with Gasteiger partial charge in [0.15, 0.2) is 0 Å². The summed E-state index contributed by atoms with van der Waals surface area (Å²) in [6.07, 6.45) is 0. The van der Waals surface area contributed by atoms with E-state index in [1.54, 1.807) is 7.11 Å². The van der Waals surface area contributed by atoms with Crippen LogP contribution in [0, 0.1) is 0 Å². The van der Waals surface area contributed by atoms with Gasteiger partial charge in [0.25, 0.3) is 0 Å². The van der Waals surface area contributed by atoms with Crippen molar-refractivity contribution in [3.8, 4) is 0 Å². The highest BCUT2D eigenvalue weighted by Gasteiger charge is 2.00. The first-order chi connectivity index (χ1) is 6.22. The van der Waals surface area contributed by atoms with Crippen molar-refractivity contribution in [2.24, 2.45) is 0 Å². The van der Waals surface area contributed by atoms with Crippen molar-refractivity contribution in [1.29, 1.82) is 0 Å². The number of rotatable bonds is 4. The molecule has 3 heteroatoms. The number of nitrogen functional groups attached to an aromatic ring is 1. The smallest absolute Gasteiger partial charge is 0.0661 e. The Morgan fingerprint density at radius 3 is 2.92 bits per heavy atom. The van der Waals surface area contributed by atoms with Crippen LogP contribution in [0.5, 0.6) is 0 Å². The summed E-state index contributed by atoms with van der Waals surface area (Å²) in [6.45, 7) is 2.75. The van der Waals surface area contributed by atoms with E-state index in [1.165, 1.54) is 0 Å². The summed E-state index contributed by atoms with van der Waals surface area (Å²) in [5.41, 5.74) is 7.44. The van der Waals surface area contributed by atoms with Crippen LogP contribution in [0.25, 0.3) is 0 Å². The normalized spacial score (nSPS) is 12.5. The molecule has 0 saturated carbocycles. The summed E-state index contributed by atoms with van der Waals surface area (Å²) < 4.78 is 5.01. The fourth-order valence-corrected chi connectivity index (χ4v) is 1.20. The Hall–Kier alpha value is -1.22. The fourth-order valence-electron chi connectivity index (χ4n) is 1.20. The van der Waals surface area contributed by atoms with Crippen molar-refractivity contribution in [2.45, 2.75) is 13.0 Å². The zero-order valence-electron chi connectivity index (χ0n) is 8.08. The Bertz CT molecular complexity index is 263. The first-order valence-corrected chi connectivity index (χ1v) is 4.33. The van der Waals surface area contributed by atoms with Crippen LogP contribution in [0.15, 0.2) is 24.3 Å². The number of hydrogen-bond donors (Lipinski definition) is 2. The second-order valence-electron chi connectivity index (χ2n) is 3.13. The largest absolute Gasteiger partial charge is 0.399 e. The van der Waals surface area contributed by atoms with E-state index in [4.69, 9.17) is 10.5 Å². The standard InChI is InChI=1S/C10H16N2O/c1-8(7-13-2)12-10-5-3-4-9(11)6-10/h3-6,8,12H,7,11H2,1-2H3. The molecule has 1 aromatic rings. The number of hydrogen-bond acceptors (Lipinski definition) is 3. The predicted octanol–water partition coefficient (Wildman–Crippen LogP) is 1.72. The van der Waals surface area contributed by atoms with Gasteiger partial charge in [0, 0.05) is 24.5 Å². The van der Waals surface area contributed by atoms with Gasteiger partial charge in [-0.05, 0) is 25.1 Å². The van der Waals surface area contributed by atoms with E-state index in [1.807, 2.05) is 24.3 Å². The van der Waals surface area contributed by atoms with Crippen LogP contribution in [0.3, 0.4) is 0 Å². The van der Waals surface area contributed by atoms with E-state index in [2.05, 4.69) is 12.2 Å². The highest BCUT2D eigenvalue weighted by Crippen LogP contribution is 2.12. The Morgan fingerprint density at radius 1 is 1.54 bits per heavy atom. The van der Waals surface area contributed by atoms with Crippen LogP contribution in [-0.2, 0) is 4.74 Å². The van der Waals surface area contributed by atoms with Crippen LogP contribution in [-0.4, -0.2) is 19.8 Å². The molecule has 1 rings (SSSR count). The first-order valence-electron chi connectivity index (χ1n) is 4.33. The lowest BCUT2D eigenvalue weighted by Gasteiger charge is -2.14. The average Bonchev–Trinajstić information content (AvgIpc) is 2.04. The van der Waals surface area contributed by atoms with E-state index in [0.29, 0.717) is 12.6 Å².